The number of aromatic amines is 2. The molecule has 32 heavy (non-hydrogen) atoms. The molecule has 0 radical (unpaired) electrons. The number of halogens is 1. The van der Waals surface area contributed by atoms with Gasteiger partial charge in [0.25, 0.3) is 0 Å². The van der Waals surface area contributed by atoms with Crippen molar-refractivity contribution in [1.29, 1.82) is 0 Å². The summed E-state index contributed by atoms with van der Waals surface area (Å²) in [5.41, 5.74) is 2.50. The molecule has 0 amide bonds. The normalized spacial score (nSPS) is 11.2. The van der Waals surface area contributed by atoms with Crippen LogP contribution in [0.4, 0.5) is 4.39 Å². The molecule has 5 aromatic rings. The van der Waals surface area contributed by atoms with Crippen molar-refractivity contribution in [3.05, 3.63) is 83.7 Å². The lowest BCUT2D eigenvalue weighted by Gasteiger charge is -2.13. The minimum absolute atomic E-state index is 0.0929. The third kappa shape index (κ3) is 3.56. The second-order valence-corrected chi connectivity index (χ2v) is 7.13. The highest BCUT2D eigenvalue weighted by molar-refractivity contribution is 6.16. The molecule has 0 aliphatic heterocycles. The standard InChI is InChI=1S/C24H19FN4O3/c1-2-31-20-10-15(23(30)16-12-27-24-14(16)6-5-9-26-24)17(25)11-21(20)32-13-22-28-18-7-3-4-8-19(18)29-22/h3-12H,2,13H2,1H3,(H,26,27)(H,28,29). The van der Waals surface area contributed by atoms with Gasteiger partial charge in [-0.05, 0) is 37.3 Å². The fraction of sp³-hybridized carbons (Fsp3) is 0.125. The number of nitrogens with zero attached hydrogens (tertiary/aromatic N) is 2. The molecule has 7 nitrogen and oxygen atoms in total. The van der Waals surface area contributed by atoms with Gasteiger partial charge >= 0.3 is 0 Å². The van der Waals surface area contributed by atoms with Gasteiger partial charge in [0, 0.05) is 29.4 Å². The molecule has 0 spiro atoms. The molecule has 5 rings (SSSR count). The van der Waals surface area contributed by atoms with Gasteiger partial charge in [0.1, 0.15) is 23.9 Å². The Morgan fingerprint density at radius 1 is 1.06 bits per heavy atom. The van der Waals surface area contributed by atoms with Crippen molar-refractivity contribution in [2.75, 3.05) is 6.61 Å². The first kappa shape index (κ1) is 19.7. The van der Waals surface area contributed by atoms with E-state index < -0.39 is 11.6 Å². The molecule has 8 heteroatoms. The van der Waals surface area contributed by atoms with Crippen LogP contribution in [0.1, 0.15) is 28.7 Å². The second-order valence-electron chi connectivity index (χ2n) is 7.13. The van der Waals surface area contributed by atoms with E-state index in [-0.39, 0.29) is 23.7 Å². The summed E-state index contributed by atoms with van der Waals surface area (Å²) in [5, 5.41) is 0.625. The molecule has 0 saturated heterocycles. The molecule has 0 bridgehead atoms. The van der Waals surface area contributed by atoms with Gasteiger partial charge in [0.2, 0.25) is 0 Å². The van der Waals surface area contributed by atoms with Crippen LogP contribution in [0.5, 0.6) is 11.5 Å². The lowest BCUT2D eigenvalue weighted by Crippen LogP contribution is -2.07. The summed E-state index contributed by atoms with van der Waals surface area (Å²) in [4.78, 5) is 27.8. The lowest BCUT2D eigenvalue weighted by molar-refractivity contribution is 0.103. The summed E-state index contributed by atoms with van der Waals surface area (Å²) < 4.78 is 26.4. The first-order valence-corrected chi connectivity index (χ1v) is 10.1. The maximum atomic E-state index is 15.0. The van der Waals surface area contributed by atoms with Gasteiger partial charge in [0.15, 0.2) is 17.3 Å². The summed E-state index contributed by atoms with van der Waals surface area (Å²) in [6, 6.07) is 13.7. The van der Waals surface area contributed by atoms with E-state index in [0.29, 0.717) is 29.0 Å². The summed E-state index contributed by atoms with van der Waals surface area (Å²) >= 11 is 0. The van der Waals surface area contributed by atoms with Crippen molar-refractivity contribution in [2.45, 2.75) is 13.5 Å². The number of para-hydroxylation sites is 2. The highest BCUT2D eigenvalue weighted by Crippen LogP contribution is 2.33. The van der Waals surface area contributed by atoms with E-state index in [1.165, 1.54) is 18.3 Å². The topological polar surface area (TPSA) is 92.9 Å². The number of nitrogens with one attached hydrogen (secondary N) is 2. The zero-order chi connectivity index (χ0) is 22.1. The molecular formula is C24H19FN4O3. The van der Waals surface area contributed by atoms with Gasteiger partial charge in [0.05, 0.1) is 23.2 Å². The number of hydrogen-bond acceptors (Lipinski definition) is 5. The van der Waals surface area contributed by atoms with E-state index in [2.05, 4.69) is 19.9 Å². The fourth-order valence-corrected chi connectivity index (χ4v) is 3.60. The maximum Gasteiger partial charge on any atom is 0.198 e. The van der Waals surface area contributed by atoms with E-state index in [0.717, 1.165) is 11.0 Å². The molecule has 0 atom stereocenters. The third-order valence-electron chi connectivity index (χ3n) is 5.08. The second kappa shape index (κ2) is 8.14. The van der Waals surface area contributed by atoms with E-state index in [1.54, 1.807) is 25.3 Å². The number of rotatable bonds is 7. The zero-order valence-electron chi connectivity index (χ0n) is 17.2. The Morgan fingerprint density at radius 2 is 1.91 bits per heavy atom. The largest absolute Gasteiger partial charge is 0.490 e. The van der Waals surface area contributed by atoms with Crippen LogP contribution in [0.25, 0.3) is 22.1 Å². The number of ether oxygens (including phenoxy) is 2. The van der Waals surface area contributed by atoms with Gasteiger partial charge in [-0.1, -0.05) is 12.1 Å². The van der Waals surface area contributed by atoms with Gasteiger partial charge in [-0.3, -0.25) is 4.79 Å². The Labute approximate surface area is 182 Å². The molecule has 2 N–H and O–H groups in total. The fourth-order valence-electron chi connectivity index (χ4n) is 3.60. The third-order valence-corrected chi connectivity index (χ3v) is 5.08. The van der Waals surface area contributed by atoms with E-state index in [1.807, 2.05) is 24.3 Å². The van der Waals surface area contributed by atoms with Gasteiger partial charge in [-0.25, -0.2) is 14.4 Å². The Kier molecular flexibility index (Phi) is 5.03. The molecule has 3 heterocycles. The Hall–Kier alpha value is -4.20. The molecule has 0 saturated carbocycles. The number of pyridine rings is 1. The van der Waals surface area contributed by atoms with Crippen LogP contribution in [-0.2, 0) is 6.61 Å². The first-order chi connectivity index (χ1) is 15.6. The van der Waals surface area contributed by atoms with Gasteiger partial charge in [-0.15, -0.1) is 0 Å². The van der Waals surface area contributed by atoms with Crippen LogP contribution in [0.2, 0.25) is 0 Å². The first-order valence-electron chi connectivity index (χ1n) is 10.1. The minimum Gasteiger partial charge on any atom is -0.490 e. The summed E-state index contributed by atoms with van der Waals surface area (Å²) in [6.07, 6.45) is 3.15. The average Bonchev–Trinajstić information content (AvgIpc) is 3.42. The number of imidazole rings is 1. The van der Waals surface area contributed by atoms with Crippen molar-refractivity contribution >= 4 is 27.9 Å². The van der Waals surface area contributed by atoms with Gasteiger partial charge in [-0.2, -0.15) is 0 Å². The van der Waals surface area contributed by atoms with Crippen LogP contribution in [0.3, 0.4) is 0 Å². The average molecular weight is 430 g/mol. The van der Waals surface area contributed by atoms with Crippen molar-refractivity contribution in [3.8, 4) is 11.5 Å². The van der Waals surface area contributed by atoms with Crippen molar-refractivity contribution in [3.63, 3.8) is 0 Å². The number of aromatic nitrogens is 4. The SMILES string of the molecule is CCOc1cc(C(=O)c2c[nH]c3ncccc23)c(F)cc1OCc1nc2ccccc2[nH]1. The molecule has 0 fully saturated rings. The summed E-state index contributed by atoms with van der Waals surface area (Å²) in [6.45, 7) is 2.23. The monoisotopic (exact) mass is 430 g/mol. The zero-order valence-corrected chi connectivity index (χ0v) is 17.2. The maximum absolute atomic E-state index is 15.0. The van der Waals surface area contributed by atoms with Crippen LogP contribution in [0.15, 0.2) is 60.9 Å². The van der Waals surface area contributed by atoms with Crippen LogP contribution < -0.4 is 9.47 Å². The minimum atomic E-state index is -0.698. The molecule has 0 aliphatic carbocycles. The van der Waals surface area contributed by atoms with Crippen LogP contribution >= 0.6 is 0 Å². The summed E-state index contributed by atoms with van der Waals surface area (Å²) in [5.74, 6) is -0.0865. The van der Waals surface area contributed by atoms with Crippen LogP contribution in [-0.4, -0.2) is 32.3 Å². The number of fused-ring (bicyclic) bond motifs is 2. The molecule has 160 valence electrons. The summed E-state index contributed by atoms with van der Waals surface area (Å²) in [7, 11) is 0. The molecule has 3 aromatic heterocycles. The van der Waals surface area contributed by atoms with Crippen molar-refractivity contribution in [1.82, 2.24) is 19.9 Å². The number of hydrogen-bond donors (Lipinski definition) is 2. The van der Waals surface area contributed by atoms with Crippen molar-refractivity contribution in [2.24, 2.45) is 0 Å². The van der Waals surface area contributed by atoms with E-state index in [9.17, 15) is 4.79 Å². The Morgan fingerprint density at radius 3 is 2.75 bits per heavy atom. The van der Waals surface area contributed by atoms with Crippen LogP contribution in [0, 0.1) is 5.82 Å². The van der Waals surface area contributed by atoms with E-state index in [4.69, 9.17) is 9.47 Å². The predicted molar refractivity (Wildman–Crippen MR) is 118 cm³/mol. The highest BCUT2D eigenvalue weighted by Gasteiger charge is 2.22. The van der Waals surface area contributed by atoms with Crippen molar-refractivity contribution < 1.29 is 18.7 Å². The Bertz CT molecular complexity index is 1410. The quantitative estimate of drug-likeness (QED) is 0.362. The highest BCUT2D eigenvalue weighted by atomic mass is 19.1. The number of ketones is 1. The molecule has 0 unspecified atom stereocenters. The number of carbonyl (C=O) groups is 1. The number of carbonyl (C=O) groups excluding carboxylic acids is 1. The van der Waals surface area contributed by atoms with E-state index >= 15 is 4.39 Å². The van der Waals surface area contributed by atoms with Gasteiger partial charge < -0.3 is 19.4 Å². The molecule has 2 aromatic carbocycles. The number of H-pyrrole nitrogens is 2. The molecular weight excluding hydrogens is 411 g/mol. The molecule has 0 aliphatic rings. The smallest absolute Gasteiger partial charge is 0.198 e. The lowest BCUT2D eigenvalue weighted by atomic mass is 10.0. The number of benzene rings is 2. The Balaban J connectivity index is 1.45. The predicted octanol–water partition coefficient (Wildman–Crippen LogP) is 4.79.